The third-order valence-corrected chi connectivity index (χ3v) is 4.47. The van der Waals surface area contributed by atoms with E-state index < -0.39 is 35.0 Å². The van der Waals surface area contributed by atoms with Crippen molar-refractivity contribution < 1.29 is 19.1 Å². The zero-order chi connectivity index (χ0) is 24.1. The van der Waals surface area contributed by atoms with Crippen molar-refractivity contribution in [2.45, 2.75) is 39.3 Å². The summed E-state index contributed by atoms with van der Waals surface area (Å²) >= 11 is 5.94. The van der Waals surface area contributed by atoms with Gasteiger partial charge in [0.2, 0.25) is 0 Å². The van der Waals surface area contributed by atoms with Crippen LogP contribution in [0.4, 0.5) is 11.4 Å². The van der Waals surface area contributed by atoms with Gasteiger partial charge in [0, 0.05) is 11.8 Å². The highest BCUT2D eigenvalue weighted by atomic mass is 35.5. The standard InChI is InChI=1S/C21H26ClN5O5/c1-12(18(29)26-24-11-17(28)32-21(2,3)4)27-9-5-6-16(20(27)31)25-19(30)13-7-8-15(23)14(22)10-13/h5-10,12,24H,11,23H2,1-4H3,(H,25,30)(H,26,29). The van der Waals surface area contributed by atoms with Gasteiger partial charge in [-0.2, -0.15) is 0 Å². The van der Waals surface area contributed by atoms with Gasteiger partial charge >= 0.3 is 5.97 Å². The van der Waals surface area contributed by atoms with Gasteiger partial charge < -0.3 is 20.4 Å². The Bertz CT molecular complexity index is 1080. The highest BCUT2D eigenvalue weighted by molar-refractivity contribution is 6.33. The summed E-state index contributed by atoms with van der Waals surface area (Å²) in [4.78, 5) is 49.3. The van der Waals surface area contributed by atoms with Gasteiger partial charge in [-0.3, -0.25) is 24.6 Å². The number of aromatic nitrogens is 1. The van der Waals surface area contributed by atoms with E-state index in [-0.39, 0.29) is 22.8 Å². The average molecular weight is 464 g/mol. The molecule has 1 heterocycles. The molecule has 1 aromatic heterocycles. The summed E-state index contributed by atoms with van der Waals surface area (Å²) in [5.41, 5.74) is 9.76. The Morgan fingerprint density at radius 2 is 1.91 bits per heavy atom. The van der Waals surface area contributed by atoms with E-state index in [1.807, 2.05) is 0 Å². The first kappa shape index (κ1) is 24.9. The van der Waals surface area contributed by atoms with Gasteiger partial charge in [0.25, 0.3) is 17.4 Å². The van der Waals surface area contributed by atoms with E-state index in [4.69, 9.17) is 22.1 Å². The van der Waals surface area contributed by atoms with Crippen LogP contribution in [0.1, 0.15) is 44.1 Å². The van der Waals surface area contributed by atoms with Crippen LogP contribution in [0.15, 0.2) is 41.3 Å². The molecule has 0 aliphatic heterocycles. The number of carbonyl (C=O) groups excluding carboxylic acids is 3. The van der Waals surface area contributed by atoms with E-state index >= 15 is 0 Å². The summed E-state index contributed by atoms with van der Waals surface area (Å²) in [5.74, 6) is -1.67. The van der Waals surface area contributed by atoms with Crippen molar-refractivity contribution in [2.75, 3.05) is 17.6 Å². The number of amides is 2. The Hall–Kier alpha value is -3.37. The minimum Gasteiger partial charge on any atom is -0.459 e. The summed E-state index contributed by atoms with van der Waals surface area (Å²) in [7, 11) is 0. The Balaban J connectivity index is 2.04. The maximum absolute atomic E-state index is 12.8. The summed E-state index contributed by atoms with van der Waals surface area (Å²) in [6.45, 7) is 6.44. The van der Waals surface area contributed by atoms with Crippen LogP contribution in [0.2, 0.25) is 5.02 Å². The van der Waals surface area contributed by atoms with Gasteiger partial charge in [-0.15, -0.1) is 0 Å². The molecule has 0 fully saturated rings. The van der Waals surface area contributed by atoms with Gasteiger partial charge in [-0.25, -0.2) is 5.43 Å². The van der Waals surface area contributed by atoms with Crippen molar-refractivity contribution in [2.24, 2.45) is 0 Å². The number of nitrogens with zero attached hydrogens (tertiary/aromatic N) is 1. The number of nitrogens with two attached hydrogens (primary N) is 1. The molecular formula is C21H26ClN5O5. The Morgan fingerprint density at radius 1 is 1.22 bits per heavy atom. The smallest absolute Gasteiger partial charge is 0.322 e. The highest BCUT2D eigenvalue weighted by Gasteiger charge is 2.20. The van der Waals surface area contributed by atoms with Gasteiger partial charge in [0.05, 0.1) is 10.7 Å². The number of nitrogen functional groups attached to an aromatic ring is 1. The number of halogens is 1. The lowest BCUT2D eigenvalue weighted by molar-refractivity contribution is -0.153. The number of hydrazine groups is 1. The van der Waals surface area contributed by atoms with E-state index in [0.717, 1.165) is 4.57 Å². The number of nitrogens with one attached hydrogen (secondary N) is 3. The molecule has 2 aromatic rings. The van der Waals surface area contributed by atoms with Gasteiger partial charge in [0.15, 0.2) is 0 Å². The second-order valence-electron chi connectivity index (χ2n) is 7.93. The normalized spacial score (nSPS) is 12.0. The van der Waals surface area contributed by atoms with Crippen LogP contribution in [-0.4, -0.2) is 34.5 Å². The molecule has 1 atom stereocenters. The lowest BCUT2D eigenvalue weighted by Gasteiger charge is -2.20. The van der Waals surface area contributed by atoms with E-state index in [1.54, 1.807) is 20.8 Å². The lowest BCUT2D eigenvalue weighted by atomic mass is 10.2. The predicted molar refractivity (Wildman–Crippen MR) is 121 cm³/mol. The summed E-state index contributed by atoms with van der Waals surface area (Å²) in [6.07, 6.45) is 1.41. The number of hydrogen-bond donors (Lipinski definition) is 4. The van der Waals surface area contributed by atoms with E-state index in [0.29, 0.717) is 5.69 Å². The van der Waals surface area contributed by atoms with Crippen molar-refractivity contribution in [1.82, 2.24) is 15.4 Å². The number of anilines is 2. The number of pyridine rings is 1. The molecule has 11 heteroatoms. The van der Waals surface area contributed by atoms with Crippen LogP contribution in [0, 0.1) is 0 Å². The molecule has 10 nitrogen and oxygen atoms in total. The maximum atomic E-state index is 12.8. The van der Waals surface area contributed by atoms with Crippen molar-refractivity contribution in [3.05, 3.63) is 57.5 Å². The zero-order valence-electron chi connectivity index (χ0n) is 18.2. The van der Waals surface area contributed by atoms with Crippen molar-refractivity contribution in [3.63, 3.8) is 0 Å². The van der Waals surface area contributed by atoms with E-state index in [2.05, 4.69) is 16.2 Å². The van der Waals surface area contributed by atoms with Crippen LogP contribution in [0.25, 0.3) is 0 Å². The van der Waals surface area contributed by atoms with Crippen LogP contribution in [0.3, 0.4) is 0 Å². The van der Waals surface area contributed by atoms with Crippen LogP contribution >= 0.6 is 11.6 Å². The largest absolute Gasteiger partial charge is 0.459 e. The Kier molecular flexibility index (Phi) is 8.01. The molecule has 0 saturated heterocycles. The molecule has 0 spiro atoms. The number of hydrogen-bond acceptors (Lipinski definition) is 7. The molecule has 32 heavy (non-hydrogen) atoms. The zero-order valence-corrected chi connectivity index (χ0v) is 18.9. The van der Waals surface area contributed by atoms with E-state index in [9.17, 15) is 19.2 Å². The first-order chi connectivity index (χ1) is 14.9. The second kappa shape index (κ2) is 10.3. The minimum atomic E-state index is -0.934. The third-order valence-electron chi connectivity index (χ3n) is 4.15. The number of rotatable bonds is 7. The van der Waals surface area contributed by atoms with Gasteiger partial charge in [0.1, 0.15) is 23.9 Å². The van der Waals surface area contributed by atoms with Crippen LogP contribution < -0.4 is 27.5 Å². The van der Waals surface area contributed by atoms with Crippen molar-refractivity contribution in [1.29, 1.82) is 0 Å². The number of esters is 1. The fraction of sp³-hybridized carbons (Fsp3) is 0.333. The molecule has 1 unspecified atom stereocenters. The molecule has 0 bridgehead atoms. The topological polar surface area (TPSA) is 145 Å². The first-order valence-corrected chi connectivity index (χ1v) is 10.1. The molecule has 0 aliphatic rings. The molecule has 0 aliphatic carbocycles. The molecule has 0 radical (unpaired) electrons. The molecule has 172 valence electrons. The molecule has 2 amide bonds. The molecule has 1 aromatic carbocycles. The Labute approximate surface area is 190 Å². The monoisotopic (exact) mass is 463 g/mol. The molecular weight excluding hydrogens is 438 g/mol. The summed E-state index contributed by atoms with van der Waals surface area (Å²) in [5, 5.41) is 2.72. The van der Waals surface area contributed by atoms with Crippen molar-refractivity contribution >= 4 is 40.8 Å². The van der Waals surface area contributed by atoms with Gasteiger partial charge in [-0.05, 0) is 58.0 Å². The molecule has 2 rings (SSSR count). The maximum Gasteiger partial charge on any atom is 0.322 e. The molecule has 5 N–H and O–H groups in total. The Morgan fingerprint density at radius 3 is 2.53 bits per heavy atom. The van der Waals surface area contributed by atoms with E-state index in [1.165, 1.54) is 43.5 Å². The second-order valence-corrected chi connectivity index (χ2v) is 8.34. The fourth-order valence-electron chi connectivity index (χ4n) is 2.58. The number of benzene rings is 1. The summed E-state index contributed by atoms with van der Waals surface area (Å²) < 4.78 is 6.27. The van der Waals surface area contributed by atoms with Gasteiger partial charge in [-0.1, -0.05) is 11.6 Å². The number of carbonyl (C=O) groups is 3. The SMILES string of the molecule is CC(C(=O)NNCC(=O)OC(C)(C)C)n1cccc(NC(=O)c2ccc(N)c(Cl)c2)c1=O. The molecule has 0 saturated carbocycles. The number of ether oxygens (including phenoxy) is 1. The predicted octanol–water partition coefficient (Wildman–Crippen LogP) is 1.86. The lowest BCUT2D eigenvalue weighted by Crippen LogP contribution is -2.46. The van der Waals surface area contributed by atoms with Crippen LogP contribution in [0.5, 0.6) is 0 Å². The minimum absolute atomic E-state index is 0.0215. The third kappa shape index (κ3) is 6.82. The highest BCUT2D eigenvalue weighted by Crippen LogP contribution is 2.20. The first-order valence-electron chi connectivity index (χ1n) is 9.71. The fourth-order valence-corrected chi connectivity index (χ4v) is 2.77. The average Bonchev–Trinajstić information content (AvgIpc) is 2.69. The quantitative estimate of drug-likeness (QED) is 0.278. The van der Waals surface area contributed by atoms with Crippen LogP contribution in [-0.2, 0) is 14.3 Å². The van der Waals surface area contributed by atoms with Crippen molar-refractivity contribution in [3.8, 4) is 0 Å². The summed E-state index contributed by atoms with van der Waals surface area (Å²) in [6, 6.07) is 6.35.